The van der Waals surface area contributed by atoms with Crippen molar-refractivity contribution < 1.29 is 14.6 Å². The fraction of sp³-hybridized carbons (Fsp3) is 0.692. The van der Waals surface area contributed by atoms with Crippen molar-refractivity contribution in [2.45, 2.75) is 6.42 Å². The Hall–Kier alpha value is -1.18. The molecule has 0 radical (unpaired) electrons. The van der Waals surface area contributed by atoms with Gasteiger partial charge in [-0.1, -0.05) is 0 Å². The molecule has 2 aliphatic rings. The lowest BCUT2D eigenvalue weighted by Crippen LogP contribution is -2.52. The molecule has 2 saturated heterocycles. The molecule has 0 aliphatic carbocycles. The molecule has 0 aromatic carbocycles. The van der Waals surface area contributed by atoms with Crippen molar-refractivity contribution in [1.29, 1.82) is 0 Å². The summed E-state index contributed by atoms with van der Waals surface area (Å²) in [4.78, 5) is 20.4. The Morgan fingerprint density at radius 1 is 1.45 bits per heavy atom. The molecular formula is C13H19N3O3S. The van der Waals surface area contributed by atoms with Crippen LogP contribution in [0.25, 0.3) is 0 Å². The van der Waals surface area contributed by atoms with Gasteiger partial charge in [-0.05, 0) is 6.42 Å². The summed E-state index contributed by atoms with van der Waals surface area (Å²) in [5, 5.41) is 12.5. The number of hydrogen-bond acceptors (Lipinski definition) is 6. The van der Waals surface area contributed by atoms with Crippen molar-refractivity contribution in [3.05, 3.63) is 11.6 Å². The molecule has 1 N–H and O–H groups in total. The number of piperazine rings is 1. The minimum absolute atomic E-state index is 0.342. The zero-order chi connectivity index (χ0) is 14.0. The second-order valence-electron chi connectivity index (χ2n) is 5.47. The Kier molecular flexibility index (Phi) is 3.91. The van der Waals surface area contributed by atoms with E-state index in [2.05, 4.69) is 14.8 Å². The largest absolute Gasteiger partial charge is 0.481 e. The lowest BCUT2D eigenvalue weighted by Gasteiger charge is -2.38. The van der Waals surface area contributed by atoms with Crippen LogP contribution >= 0.6 is 11.3 Å². The number of nitrogens with zero attached hydrogens (tertiary/aromatic N) is 3. The zero-order valence-electron chi connectivity index (χ0n) is 11.3. The standard InChI is InChI=1S/C13H19N3O3S/c17-11(18)13(1-7-19-10-13)9-15-3-5-16(6-4-15)12-14-2-8-20-12/h2,8H,1,3-7,9-10H2,(H,17,18). The fourth-order valence-electron chi connectivity index (χ4n) is 2.87. The van der Waals surface area contributed by atoms with Crippen LogP contribution in [-0.4, -0.2) is 66.9 Å². The number of ether oxygens (including phenoxy) is 1. The zero-order valence-corrected chi connectivity index (χ0v) is 12.1. The van der Waals surface area contributed by atoms with Crippen LogP contribution in [0.2, 0.25) is 0 Å². The number of carbonyl (C=O) groups is 1. The molecule has 6 nitrogen and oxygen atoms in total. The van der Waals surface area contributed by atoms with E-state index < -0.39 is 11.4 Å². The number of anilines is 1. The quantitative estimate of drug-likeness (QED) is 0.885. The normalized spacial score (nSPS) is 27.9. The highest BCUT2D eigenvalue weighted by atomic mass is 32.1. The Bertz CT molecular complexity index is 451. The van der Waals surface area contributed by atoms with Crippen LogP contribution in [0.4, 0.5) is 5.13 Å². The Balaban J connectivity index is 1.57. The van der Waals surface area contributed by atoms with E-state index in [-0.39, 0.29) is 0 Å². The van der Waals surface area contributed by atoms with Gasteiger partial charge in [0.1, 0.15) is 5.41 Å². The summed E-state index contributed by atoms with van der Waals surface area (Å²) in [6.45, 7) is 5.08. The number of aromatic nitrogens is 1. The van der Waals surface area contributed by atoms with Crippen LogP contribution in [0, 0.1) is 5.41 Å². The van der Waals surface area contributed by atoms with Crippen molar-refractivity contribution in [3.63, 3.8) is 0 Å². The molecule has 7 heteroatoms. The van der Waals surface area contributed by atoms with Crippen LogP contribution in [0.5, 0.6) is 0 Å². The molecule has 3 heterocycles. The number of carboxylic acid groups (broad SMARTS) is 1. The van der Waals surface area contributed by atoms with Crippen molar-refractivity contribution in [2.24, 2.45) is 5.41 Å². The van der Waals surface area contributed by atoms with Gasteiger partial charge in [-0.2, -0.15) is 0 Å². The second-order valence-corrected chi connectivity index (χ2v) is 6.34. The number of aliphatic carboxylic acids is 1. The molecule has 0 spiro atoms. The summed E-state index contributed by atoms with van der Waals surface area (Å²) in [7, 11) is 0. The summed E-state index contributed by atoms with van der Waals surface area (Å²) in [6, 6.07) is 0. The molecule has 0 saturated carbocycles. The highest BCUT2D eigenvalue weighted by Crippen LogP contribution is 2.31. The third kappa shape index (κ3) is 2.65. The van der Waals surface area contributed by atoms with E-state index in [1.807, 2.05) is 11.6 Å². The first-order valence-corrected chi connectivity index (χ1v) is 7.76. The molecule has 1 aromatic rings. The minimum atomic E-state index is -0.725. The Morgan fingerprint density at radius 2 is 2.25 bits per heavy atom. The van der Waals surface area contributed by atoms with Crippen LogP contribution < -0.4 is 4.90 Å². The number of hydrogen-bond donors (Lipinski definition) is 1. The molecule has 3 rings (SSSR count). The van der Waals surface area contributed by atoms with Gasteiger partial charge in [-0.15, -0.1) is 11.3 Å². The summed E-state index contributed by atoms with van der Waals surface area (Å²) >= 11 is 1.65. The molecule has 2 fully saturated rings. The van der Waals surface area contributed by atoms with Gasteiger partial charge in [0.05, 0.1) is 6.61 Å². The lowest BCUT2D eigenvalue weighted by molar-refractivity contribution is -0.150. The third-order valence-corrected chi connectivity index (χ3v) is 4.98. The summed E-state index contributed by atoms with van der Waals surface area (Å²) in [5.41, 5.74) is -0.705. The van der Waals surface area contributed by atoms with Crippen LogP contribution in [0.15, 0.2) is 11.6 Å². The molecule has 1 aromatic heterocycles. The average Bonchev–Trinajstić information content (AvgIpc) is 3.11. The van der Waals surface area contributed by atoms with E-state index in [0.717, 1.165) is 31.3 Å². The Morgan fingerprint density at radius 3 is 2.80 bits per heavy atom. The van der Waals surface area contributed by atoms with Crippen molar-refractivity contribution in [2.75, 3.05) is 50.8 Å². The van der Waals surface area contributed by atoms with Gasteiger partial charge >= 0.3 is 5.97 Å². The number of carboxylic acids is 1. The number of rotatable bonds is 4. The summed E-state index contributed by atoms with van der Waals surface area (Å²) < 4.78 is 5.32. The van der Waals surface area contributed by atoms with Crippen molar-refractivity contribution in [3.8, 4) is 0 Å². The van der Waals surface area contributed by atoms with Gasteiger partial charge in [-0.3, -0.25) is 9.69 Å². The molecule has 0 bridgehead atoms. The maximum absolute atomic E-state index is 11.5. The van der Waals surface area contributed by atoms with Gasteiger partial charge in [0, 0.05) is 50.9 Å². The highest BCUT2D eigenvalue weighted by molar-refractivity contribution is 7.13. The van der Waals surface area contributed by atoms with E-state index >= 15 is 0 Å². The van der Waals surface area contributed by atoms with E-state index in [1.165, 1.54) is 0 Å². The van der Waals surface area contributed by atoms with Gasteiger partial charge in [0.2, 0.25) is 0 Å². The first-order valence-electron chi connectivity index (χ1n) is 6.88. The van der Waals surface area contributed by atoms with Crippen LogP contribution in [0.1, 0.15) is 6.42 Å². The predicted molar refractivity (Wildman–Crippen MR) is 76.3 cm³/mol. The Labute approximate surface area is 122 Å². The SMILES string of the molecule is O=C(O)C1(CN2CCN(c3nccs3)CC2)CCOC1. The van der Waals surface area contributed by atoms with Crippen LogP contribution in [0.3, 0.4) is 0 Å². The fourth-order valence-corrected chi connectivity index (χ4v) is 3.56. The average molecular weight is 297 g/mol. The molecule has 20 heavy (non-hydrogen) atoms. The van der Waals surface area contributed by atoms with E-state index in [9.17, 15) is 9.90 Å². The summed E-state index contributed by atoms with van der Waals surface area (Å²) in [5.74, 6) is -0.725. The van der Waals surface area contributed by atoms with Gasteiger partial charge < -0.3 is 14.7 Å². The van der Waals surface area contributed by atoms with Crippen LogP contribution in [-0.2, 0) is 9.53 Å². The second kappa shape index (κ2) is 5.67. The first kappa shape index (κ1) is 13.8. The number of thiazole rings is 1. The maximum atomic E-state index is 11.5. The molecule has 1 unspecified atom stereocenters. The summed E-state index contributed by atoms with van der Waals surface area (Å²) in [6.07, 6.45) is 2.44. The van der Waals surface area contributed by atoms with Gasteiger partial charge in [0.25, 0.3) is 0 Å². The smallest absolute Gasteiger partial charge is 0.313 e. The molecule has 110 valence electrons. The van der Waals surface area contributed by atoms with Gasteiger partial charge in [0.15, 0.2) is 5.13 Å². The highest BCUT2D eigenvalue weighted by Gasteiger charge is 2.44. The molecule has 0 amide bonds. The maximum Gasteiger partial charge on any atom is 0.313 e. The van der Waals surface area contributed by atoms with E-state index in [4.69, 9.17) is 4.74 Å². The first-order chi connectivity index (χ1) is 9.70. The topological polar surface area (TPSA) is 65.9 Å². The van der Waals surface area contributed by atoms with E-state index in [0.29, 0.717) is 26.2 Å². The van der Waals surface area contributed by atoms with Gasteiger partial charge in [-0.25, -0.2) is 4.98 Å². The van der Waals surface area contributed by atoms with Crippen molar-refractivity contribution >= 4 is 22.4 Å². The lowest BCUT2D eigenvalue weighted by atomic mass is 9.86. The third-order valence-electron chi connectivity index (χ3n) is 4.15. The predicted octanol–water partition coefficient (Wildman–Crippen LogP) is 0.756. The minimum Gasteiger partial charge on any atom is -0.481 e. The van der Waals surface area contributed by atoms with E-state index in [1.54, 1.807) is 11.3 Å². The molecule has 2 aliphatic heterocycles. The monoisotopic (exact) mass is 297 g/mol. The molecular weight excluding hydrogens is 278 g/mol. The van der Waals surface area contributed by atoms with Crippen molar-refractivity contribution in [1.82, 2.24) is 9.88 Å². The molecule has 1 atom stereocenters.